The molecule has 0 unspecified atom stereocenters. The summed E-state index contributed by atoms with van der Waals surface area (Å²) >= 11 is 3.47. The number of nitro benzene ring substituents is 1. The summed E-state index contributed by atoms with van der Waals surface area (Å²) in [6.07, 6.45) is 1.55. The maximum absolute atomic E-state index is 12.4. The number of nitro groups is 1. The summed E-state index contributed by atoms with van der Waals surface area (Å²) in [7, 11) is 0. The van der Waals surface area contributed by atoms with E-state index in [1.165, 1.54) is 12.1 Å². The minimum atomic E-state index is -0.439. The van der Waals surface area contributed by atoms with Crippen LogP contribution in [0.25, 0.3) is 10.8 Å². The maximum Gasteiger partial charge on any atom is 0.271 e. The molecular formula is C25H18BrN3O4. The van der Waals surface area contributed by atoms with Crippen LogP contribution in [-0.2, 0) is 6.61 Å². The largest absolute Gasteiger partial charge is 0.488 e. The Morgan fingerprint density at radius 2 is 1.76 bits per heavy atom. The van der Waals surface area contributed by atoms with Crippen LogP contribution in [-0.4, -0.2) is 17.0 Å². The number of non-ortho nitro benzene ring substituents is 1. The number of benzene rings is 4. The summed E-state index contributed by atoms with van der Waals surface area (Å²) in [4.78, 5) is 22.7. The topological polar surface area (TPSA) is 93.8 Å². The highest BCUT2D eigenvalue weighted by atomic mass is 79.9. The van der Waals surface area contributed by atoms with Gasteiger partial charge in [0.1, 0.15) is 12.4 Å². The first-order valence-corrected chi connectivity index (χ1v) is 10.8. The highest BCUT2D eigenvalue weighted by Gasteiger charge is 2.07. The molecule has 0 saturated heterocycles. The Hall–Kier alpha value is -4.04. The number of hydrogen-bond acceptors (Lipinski definition) is 5. The van der Waals surface area contributed by atoms with E-state index in [2.05, 4.69) is 26.5 Å². The van der Waals surface area contributed by atoms with Crippen LogP contribution in [0.2, 0.25) is 0 Å². The lowest BCUT2D eigenvalue weighted by molar-refractivity contribution is -0.384. The van der Waals surface area contributed by atoms with E-state index in [-0.39, 0.29) is 18.2 Å². The van der Waals surface area contributed by atoms with E-state index in [0.29, 0.717) is 15.8 Å². The summed E-state index contributed by atoms with van der Waals surface area (Å²) in [6.45, 7) is 0.270. The van der Waals surface area contributed by atoms with Gasteiger partial charge in [0.25, 0.3) is 11.6 Å². The normalized spacial score (nSPS) is 10.9. The Morgan fingerprint density at radius 3 is 2.48 bits per heavy atom. The van der Waals surface area contributed by atoms with Crippen LogP contribution in [0, 0.1) is 10.1 Å². The fraction of sp³-hybridized carbons (Fsp3) is 0.0400. The number of carbonyl (C=O) groups excluding carboxylic acids is 1. The molecule has 7 nitrogen and oxygen atoms in total. The standard InChI is InChI=1S/C25H18BrN3O4/c26-23-13-18(7-12-24(23)33-16-17-5-10-22(11-6-17)29(31)32)15-27-28-25(30)21-9-8-19-3-1-2-4-20(19)14-21/h1-15H,16H2,(H,28,30)/b27-15-. The summed E-state index contributed by atoms with van der Waals surface area (Å²) in [5, 5.41) is 16.8. The fourth-order valence-corrected chi connectivity index (χ4v) is 3.66. The molecule has 0 aliphatic heterocycles. The molecule has 0 spiro atoms. The zero-order chi connectivity index (χ0) is 23.2. The average molecular weight is 504 g/mol. The predicted molar refractivity (Wildman–Crippen MR) is 131 cm³/mol. The monoisotopic (exact) mass is 503 g/mol. The van der Waals surface area contributed by atoms with Gasteiger partial charge in [-0.1, -0.05) is 30.3 Å². The van der Waals surface area contributed by atoms with E-state index in [1.807, 2.05) is 48.5 Å². The lowest BCUT2D eigenvalue weighted by atomic mass is 10.1. The Labute approximate surface area is 198 Å². The first-order chi connectivity index (χ1) is 16.0. The van der Waals surface area contributed by atoms with E-state index >= 15 is 0 Å². The number of rotatable bonds is 7. The molecule has 0 heterocycles. The van der Waals surface area contributed by atoms with Gasteiger partial charge in [-0.3, -0.25) is 14.9 Å². The van der Waals surface area contributed by atoms with E-state index < -0.39 is 4.92 Å². The van der Waals surface area contributed by atoms with Crippen LogP contribution in [0.15, 0.2) is 94.5 Å². The van der Waals surface area contributed by atoms with Gasteiger partial charge < -0.3 is 4.74 Å². The minimum absolute atomic E-state index is 0.0382. The van der Waals surface area contributed by atoms with Crippen molar-refractivity contribution in [3.05, 3.63) is 116 Å². The van der Waals surface area contributed by atoms with Gasteiger partial charge >= 0.3 is 0 Å². The molecule has 4 rings (SSSR count). The second-order valence-corrected chi connectivity index (χ2v) is 8.02. The van der Waals surface area contributed by atoms with Gasteiger partial charge in [-0.2, -0.15) is 5.10 Å². The van der Waals surface area contributed by atoms with Crippen LogP contribution >= 0.6 is 15.9 Å². The van der Waals surface area contributed by atoms with Crippen LogP contribution in [0.1, 0.15) is 21.5 Å². The Bertz CT molecular complexity index is 1350. The van der Waals surface area contributed by atoms with Gasteiger partial charge in [0, 0.05) is 17.7 Å². The first kappa shape index (κ1) is 22.2. The number of amides is 1. The molecule has 0 aliphatic rings. The molecule has 8 heteroatoms. The van der Waals surface area contributed by atoms with Crippen molar-refractivity contribution in [1.82, 2.24) is 5.43 Å². The molecule has 33 heavy (non-hydrogen) atoms. The molecule has 0 bridgehead atoms. The number of hydrogen-bond donors (Lipinski definition) is 1. The van der Waals surface area contributed by atoms with Crippen molar-refractivity contribution in [2.75, 3.05) is 0 Å². The smallest absolute Gasteiger partial charge is 0.271 e. The second kappa shape index (κ2) is 10.1. The summed E-state index contributed by atoms with van der Waals surface area (Å²) in [6, 6.07) is 24.9. The van der Waals surface area contributed by atoms with Gasteiger partial charge in [-0.05, 0) is 80.3 Å². The van der Waals surface area contributed by atoms with E-state index in [4.69, 9.17) is 4.74 Å². The van der Waals surface area contributed by atoms with Crippen LogP contribution in [0.5, 0.6) is 5.75 Å². The molecule has 0 saturated carbocycles. The highest BCUT2D eigenvalue weighted by Crippen LogP contribution is 2.26. The van der Waals surface area contributed by atoms with Crippen LogP contribution < -0.4 is 10.2 Å². The highest BCUT2D eigenvalue weighted by molar-refractivity contribution is 9.10. The molecule has 4 aromatic rings. The van der Waals surface area contributed by atoms with E-state index in [9.17, 15) is 14.9 Å². The molecule has 164 valence electrons. The van der Waals surface area contributed by atoms with Crippen molar-refractivity contribution in [2.24, 2.45) is 5.10 Å². The van der Waals surface area contributed by atoms with Crippen molar-refractivity contribution in [3.8, 4) is 5.75 Å². The SMILES string of the molecule is O=C(N/N=C\c1ccc(OCc2ccc([N+](=O)[O-])cc2)c(Br)c1)c1ccc2ccccc2c1. The molecule has 1 N–H and O–H groups in total. The summed E-state index contributed by atoms with van der Waals surface area (Å²) < 4.78 is 6.50. The Morgan fingerprint density at radius 1 is 1.00 bits per heavy atom. The molecule has 0 radical (unpaired) electrons. The lowest BCUT2D eigenvalue weighted by Crippen LogP contribution is -2.17. The van der Waals surface area contributed by atoms with E-state index in [1.54, 1.807) is 30.5 Å². The molecule has 0 aromatic heterocycles. The van der Waals surface area contributed by atoms with Crippen molar-refractivity contribution >= 4 is 44.5 Å². The van der Waals surface area contributed by atoms with Gasteiger partial charge in [-0.15, -0.1) is 0 Å². The van der Waals surface area contributed by atoms with Crippen LogP contribution in [0.3, 0.4) is 0 Å². The van der Waals surface area contributed by atoms with Crippen molar-refractivity contribution in [3.63, 3.8) is 0 Å². The summed E-state index contributed by atoms with van der Waals surface area (Å²) in [5.41, 5.74) is 4.69. The van der Waals surface area contributed by atoms with Gasteiger partial charge in [-0.25, -0.2) is 5.43 Å². The van der Waals surface area contributed by atoms with Crippen molar-refractivity contribution in [1.29, 1.82) is 0 Å². The number of hydrazone groups is 1. The average Bonchev–Trinajstić information content (AvgIpc) is 2.83. The predicted octanol–water partition coefficient (Wildman–Crippen LogP) is 5.85. The maximum atomic E-state index is 12.4. The molecule has 1 amide bonds. The number of carbonyl (C=O) groups is 1. The molecular weight excluding hydrogens is 486 g/mol. The Balaban J connectivity index is 1.35. The molecule has 0 atom stereocenters. The third-order valence-corrected chi connectivity index (χ3v) is 5.51. The van der Waals surface area contributed by atoms with E-state index in [0.717, 1.165) is 21.9 Å². The van der Waals surface area contributed by atoms with Crippen molar-refractivity contribution in [2.45, 2.75) is 6.61 Å². The lowest BCUT2D eigenvalue weighted by Gasteiger charge is -2.09. The first-order valence-electron chi connectivity index (χ1n) is 9.97. The molecule has 0 fully saturated rings. The molecule has 0 aliphatic carbocycles. The fourth-order valence-electron chi connectivity index (χ4n) is 3.15. The quantitative estimate of drug-likeness (QED) is 0.194. The van der Waals surface area contributed by atoms with Gasteiger partial charge in [0.15, 0.2) is 0 Å². The number of fused-ring (bicyclic) bond motifs is 1. The molecule has 4 aromatic carbocycles. The van der Waals surface area contributed by atoms with Crippen molar-refractivity contribution < 1.29 is 14.5 Å². The minimum Gasteiger partial charge on any atom is -0.488 e. The summed E-state index contributed by atoms with van der Waals surface area (Å²) in [5.74, 6) is 0.324. The number of ether oxygens (including phenoxy) is 1. The third-order valence-electron chi connectivity index (χ3n) is 4.89. The number of nitrogens with one attached hydrogen (secondary N) is 1. The second-order valence-electron chi connectivity index (χ2n) is 7.16. The zero-order valence-electron chi connectivity index (χ0n) is 17.3. The third kappa shape index (κ3) is 5.61. The van der Waals surface area contributed by atoms with Gasteiger partial charge in [0.2, 0.25) is 0 Å². The van der Waals surface area contributed by atoms with Crippen LogP contribution in [0.4, 0.5) is 5.69 Å². The number of halogens is 1. The Kier molecular flexibility index (Phi) is 6.75. The van der Waals surface area contributed by atoms with Gasteiger partial charge in [0.05, 0.1) is 15.6 Å². The zero-order valence-corrected chi connectivity index (χ0v) is 18.9. The number of nitrogens with zero attached hydrogens (tertiary/aromatic N) is 2.